The first-order valence-corrected chi connectivity index (χ1v) is 16.9. The highest BCUT2D eigenvalue weighted by Crippen LogP contribution is 2.38. The van der Waals surface area contributed by atoms with E-state index >= 15 is 0 Å². The van der Waals surface area contributed by atoms with Crippen LogP contribution in [0.25, 0.3) is 92.6 Å². The summed E-state index contributed by atoms with van der Waals surface area (Å²) in [7, 11) is 0. The summed E-state index contributed by atoms with van der Waals surface area (Å²) in [5, 5.41) is 7.31. The summed E-state index contributed by atoms with van der Waals surface area (Å²) in [6, 6.07) is 55.6. The van der Waals surface area contributed by atoms with E-state index in [1.165, 1.54) is 41.7 Å². The zero-order valence-electron chi connectivity index (χ0n) is 25.7. The first-order chi connectivity index (χ1) is 23.8. The van der Waals surface area contributed by atoms with Crippen LogP contribution >= 0.6 is 11.3 Å². The van der Waals surface area contributed by atoms with Gasteiger partial charge in [-0.2, -0.15) is 9.97 Å². The number of thiophene rings is 1. The molecule has 0 unspecified atom stereocenters. The van der Waals surface area contributed by atoms with E-state index in [0.29, 0.717) is 17.6 Å². The van der Waals surface area contributed by atoms with E-state index in [1.807, 2.05) is 6.07 Å². The van der Waals surface area contributed by atoms with Gasteiger partial charge in [0.05, 0.1) is 11.0 Å². The smallest absolute Gasteiger partial charge is 0.238 e. The second-order valence-corrected chi connectivity index (χ2v) is 13.2. The third-order valence-corrected chi connectivity index (χ3v) is 10.4. The van der Waals surface area contributed by atoms with Crippen LogP contribution in [0, 0.1) is 0 Å². The van der Waals surface area contributed by atoms with Crippen LogP contribution in [0.1, 0.15) is 0 Å². The van der Waals surface area contributed by atoms with Crippen molar-refractivity contribution in [1.29, 1.82) is 0 Å². The van der Waals surface area contributed by atoms with Gasteiger partial charge in [-0.3, -0.25) is 4.57 Å². The Hall–Kier alpha value is -6.17. The van der Waals surface area contributed by atoms with Crippen molar-refractivity contribution in [3.05, 3.63) is 158 Å². The minimum atomic E-state index is 0.595. The van der Waals surface area contributed by atoms with Gasteiger partial charge in [-0.1, -0.05) is 127 Å². The maximum Gasteiger partial charge on any atom is 0.238 e. The standard InChI is InChI=1S/C43H26N4S/c1-2-11-27(12-3-1)29-14-10-15-30(25-29)41-44-42(31-21-23-34-33-17-7-9-20-38(33)48-39(34)26-31)46-43(45-41)47-36-19-8-6-18-35(36)40-32-16-5-4-13-28(32)22-24-37(40)47/h1-26H. The van der Waals surface area contributed by atoms with Gasteiger partial charge in [0.2, 0.25) is 5.95 Å². The Morgan fingerprint density at radius 1 is 0.396 bits per heavy atom. The SMILES string of the molecule is c1ccc(-c2cccc(-c3nc(-c4ccc5c(c4)sc4ccccc45)nc(-n4c5ccccc5c5c6ccccc6ccc54)n3)c2)cc1. The molecule has 0 amide bonds. The van der Waals surface area contributed by atoms with Crippen molar-refractivity contribution in [3.8, 4) is 39.9 Å². The summed E-state index contributed by atoms with van der Waals surface area (Å²) in [5.41, 5.74) is 6.30. The van der Waals surface area contributed by atoms with E-state index < -0.39 is 0 Å². The maximum absolute atomic E-state index is 5.24. The number of nitrogens with zero attached hydrogens (tertiary/aromatic N) is 4. The fraction of sp³-hybridized carbons (Fsp3) is 0. The molecular weight excluding hydrogens is 605 g/mol. The van der Waals surface area contributed by atoms with Crippen LogP contribution in [0.15, 0.2) is 158 Å². The topological polar surface area (TPSA) is 43.6 Å². The van der Waals surface area contributed by atoms with Crippen molar-refractivity contribution in [2.75, 3.05) is 0 Å². The summed E-state index contributed by atoms with van der Waals surface area (Å²) in [4.78, 5) is 15.6. The van der Waals surface area contributed by atoms with Crippen molar-refractivity contribution in [2.24, 2.45) is 0 Å². The van der Waals surface area contributed by atoms with Crippen LogP contribution in [-0.4, -0.2) is 19.5 Å². The van der Waals surface area contributed by atoms with Crippen molar-refractivity contribution >= 4 is 64.1 Å². The van der Waals surface area contributed by atoms with Gasteiger partial charge in [0, 0.05) is 42.1 Å². The predicted octanol–water partition coefficient (Wildman–Crippen LogP) is 11.5. The Balaban J connectivity index is 1.25. The predicted molar refractivity (Wildman–Crippen MR) is 201 cm³/mol. The van der Waals surface area contributed by atoms with Crippen LogP contribution < -0.4 is 0 Å². The first-order valence-electron chi connectivity index (χ1n) is 16.0. The molecule has 0 saturated heterocycles. The van der Waals surface area contributed by atoms with Crippen molar-refractivity contribution in [3.63, 3.8) is 0 Å². The quantitative estimate of drug-likeness (QED) is 0.194. The molecule has 3 aromatic heterocycles. The molecule has 0 N–H and O–H groups in total. The van der Waals surface area contributed by atoms with Crippen LogP contribution in [0.5, 0.6) is 0 Å². The largest absolute Gasteiger partial charge is 0.278 e. The number of rotatable bonds is 4. The second-order valence-electron chi connectivity index (χ2n) is 12.1. The minimum absolute atomic E-state index is 0.595. The zero-order valence-corrected chi connectivity index (χ0v) is 26.5. The molecule has 7 aromatic carbocycles. The van der Waals surface area contributed by atoms with E-state index in [0.717, 1.165) is 33.3 Å². The molecule has 0 aliphatic heterocycles. The first kappa shape index (κ1) is 27.0. The second kappa shape index (κ2) is 10.7. The van der Waals surface area contributed by atoms with E-state index in [4.69, 9.17) is 15.0 Å². The molecule has 0 bridgehead atoms. The lowest BCUT2D eigenvalue weighted by Crippen LogP contribution is -2.06. The molecule has 0 radical (unpaired) electrons. The highest BCUT2D eigenvalue weighted by molar-refractivity contribution is 7.25. The van der Waals surface area contributed by atoms with E-state index in [2.05, 4.69) is 156 Å². The van der Waals surface area contributed by atoms with Crippen molar-refractivity contribution in [1.82, 2.24) is 19.5 Å². The number of aromatic nitrogens is 4. The summed E-state index contributed by atoms with van der Waals surface area (Å²) in [6.45, 7) is 0. The number of fused-ring (bicyclic) bond motifs is 8. The van der Waals surface area contributed by atoms with Crippen LogP contribution in [0.4, 0.5) is 0 Å². The van der Waals surface area contributed by atoms with Crippen LogP contribution in [0.2, 0.25) is 0 Å². The Kier molecular flexibility index (Phi) is 6.01. The molecule has 0 aliphatic carbocycles. The third kappa shape index (κ3) is 4.25. The number of hydrogen-bond acceptors (Lipinski definition) is 4. The monoisotopic (exact) mass is 630 g/mol. The molecule has 0 fully saturated rings. The summed E-state index contributed by atoms with van der Waals surface area (Å²) in [6.07, 6.45) is 0. The molecule has 0 saturated carbocycles. The highest BCUT2D eigenvalue weighted by Gasteiger charge is 2.19. The van der Waals surface area contributed by atoms with Gasteiger partial charge in [-0.05, 0) is 52.2 Å². The molecule has 5 heteroatoms. The summed E-state index contributed by atoms with van der Waals surface area (Å²) in [5.74, 6) is 1.88. The Labute approximate surface area is 280 Å². The van der Waals surface area contributed by atoms with Crippen LogP contribution in [0.3, 0.4) is 0 Å². The summed E-state index contributed by atoms with van der Waals surface area (Å²) < 4.78 is 4.69. The fourth-order valence-corrected chi connectivity index (χ4v) is 8.16. The maximum atomic E-state index is 5.24. The van der Waals surface area contributed by atoms with Gasteiger partial charge in [0.1, 0.15) is 0 Å². The molecule has 4 nitrogen and oxygen atoms in total. The Bertz CT molecular complexity index is 2850. The molecule has 3 heterocycles. The average Bonchev–Trinajstić information content (AvgIpc) is 3.71. The van der Waals surface area contributed by atoms with Crippen LogP contribution in [-0.2, 0) is 0 Å². The zero-order chi connectivity index (χ0) is 31.6. The number of benzene rings is 7. The van der Waals surface area contributed by atoms with E-state index in [1.54, 1.807) is 11.3 Å². The lowest BCUT2D eigenvalue weighted by Gasteiger charge is -2.12. The third-order valence-electron chi connectivity index (χ3n) is 9.25. The number of hydrogen-bond donors (Lipinski definition) is 0. The summed E-state index contributed by atoms with van der Waals surface area (Å²) >= 11 is 1.80. The molecule has 48 heavy (non-hydrogen) atoms. The van der Waals surface area contributed by atoms with Gasteiger partial charge in [0.15, 0.2) is 11.6 Å². The molecule has 0 spiro atoms. The molecule has 224 valence electrons. The average molecular weight is 631 g/mol. The molecular formula is C43H26N4S. The minimum Gasteiger partial charge on any atom is -0.278 e. The van der Waals surface area contributed by atoms with Crippen molar-refractivity contribution < 1.29 is 0 Å². The molecule has 0 atom stereocenters. The Morgan fingerprint density at radius 3 is 1.94 bits per heavy atom. The highest BCUT2D eigenvalue weighted by atomic mass is 32.1. The van der Waals surface area contributed by atoms with Crippen molar-refractivity contribution in [2.45, 2.75) is 0 Å². The van der Waals surface area contributed by atoms with Gasteiger partial charge in [-0.25, -0.2) is 4.98 Å². The van der Waals surface area contributed by atoms with Gasteiger partial charge in [0.25, 0.3) is 0 Å². The molecule has 0 aliphatic rings. The van der Waals surface area contributed by atoms with E-state index in [-0.39, 0.29) is 0 Å². The molecule has 10 rings (SSSR count). The Morgan fingerprint density at radius 2 is 1.06 bits per heavy atom. The lowest BCUT2D eigenvalue weighted by molar-refractivity contribution is 0.954. The number of para-hydroxylation sites is 1. The van der Waals surface area contributed by atoms with Gasteiger partial charge >= 0.3 is 0 Å². The molecule has 10 aromatic rings. The van der Waals surface area contributed by atoms with Gasteiger partial charge < -0.3 is 0 Å². The fourth-order valence-electron chi connectivity index (χ4n) is 7.01. The lowest BCUT2D eigenvalue weighted by atomic mass is 10.0. The normalized spacial score (nSPS) is 11.8. The van der Waals surface area contributed by atoms with E-state index in [9.17, 15) is 0 Å². The van der Waals surface area contributed by atoms with Gasteiger partial charge in [-0.15, -0.1) is 11.3 Å².